The molecule has 0 aliphatic rings. The van der Waals surface area contributed by atoms with Gasteiger partial charge in [0.25, 0.3) is 0 Å². The lowest BCUT2D eigenvalue weighted by Crippen LogP contribution is -2.11. The Labute approximate surface area is 82.1 Å². The molecule has 4 heteroatoms. The molecule has 0 spiro atoms. The quantitative estimate of drug-likeness (QED) is 0.704. The van der Waals surface area contributed by atoms with E-state index in [1.807, 2.05) is 0 Å². The maximum Gasteiger partial charge on any atom is 0.129 e. The van der Waals surface area contributed by atoms with Gasteiger partial charge in [-0.25, -0.2) is 0 Å². The van der Waals surface area contributed by atoms with Gasteiger partial charge in [0, 0.05) is 0 Å². The number of aliphatic hydroxyl groups excluding tert-OH is 1. The number of aliphatic hydroxyl groups is 1. The van der Waals surface area contributed by atoms with Gasteiger partial charge in [-0.3, -0.25) is 0 Å². The molecule has 70 valence electrons. The average Bonchev–Trinajstić information content (AvgIpc) is 2.16. The van der Waals surface area contributed by atoms with E-state index in [1.165, 1.54) is 7.11 Å². The SMILES string of the molecule is COc1cc(CO)ccc1C(N)=S. The van der Waals surface area contributed by atoms with Crippen LogP contribution in [0.3, 0.4) is 0 Å². The predicted molar refractivity (Wildman–Crippen MR) is 54.8 cm³/mol. The van der Waals surface area contributed by atoms with Crippen molar-refractivity contribution >= 4 is 17.2 Å². The molecule has 0 aromatic heterocycles. The minimum absolute atomic E-state index is 0.0199. The molecule has 0 saturated heterocycles. The van der Waals surface area contributed by atoms with Gasteiger partial charge in [-0.1, -0.05) is 18.3 Å². The summed E-state index contributed by atoms with van der Waals surface area (Å²) in [6, 6.07) is 5.22. The first-order valence-electron chi connectivity index (χ1n) is 3.76. The molecular weight excluding hydrogens is 186 g/mol. The van der Waals surface area contributed by atoms with Gasteiger partial charge < -0.3 is 15.6 Å². The van der Waals surface area contributed by atoms with Crippen LogP contribution in [-0.4, -0.2) is 17.2 Å². The Morgan fingerprint density at radius 2 is 2.31 bits per heavy atom. The van der Waals surface area contributed by atoms with Crippen LogP contribution < -0.4 is 10.5 Å². The maximum absolute atomic E-state index is 8.87. The van der Waals surface area contributed by atoms with Crippen molar-refractivity contribution in [1.29, 1.82) is 0 Å². The van der Waals surface area contributed by atoms with Crippen molar-refractivity contribution in [2.75, 3.05) is 7.11 Å². The van der Waals surface area contributed by atoms with Gasteiger partial charge in [0.15, 0.2) is 0 Å². The summed E-state index contributed by atoms with van der Waals surface area (Å²) in [5.74, 6) is 0.596. The standard InChI is InChI=1S/C9H11NO2S/c1-12-8-4-6(5-11)2-3-7(8)9(10)13/h2-4,11H,5H2,1H3,(H2,10,13). The highest BCUT2D eigenvalue weighted by atomic mass is 32.1. The summed E-state index contributed by atoms with van der Waals surface area (Å²) in [5, 5.41) is 8.87. The molecule has 0 aliphatic heterocycles. The molecule has 0 saturated carbocycles. The zero-order valence-corrected chi connectivity index (χ0v) is 8.10. The third kappa shape index (κ3) is 2.17. The summed E-state index contributed by atoms with van der Waals surface area (Å²) in [4.78, 5) is 0.293. The number of benzene rings is 1. The summed E-state index contributed by atoms with van der Waals surface area (Å²) < 4.78 is 5.07. The van der Waals surface area contributed by atoms with Crippen LogP contribution in [0.2, 0.25) is 0 Å². The second kappa shape index (κ2) is 4.20. The lowest BCUT2D eigenvalue weighted by molar-refractivity contribution is 0.281. The fraction of sp³-hybridized carbons (Fsp3) is 0.222. The van der Waals surface area contributed by atoms with Crippen LogP contribution in [0.25, 0.3) is 0 Å². The zero-order chi connectivity index (χ0) is 9.84. The van der Waals surface area contributed by atoms with Crippen LogP contribution in [0.15, 0.2) is 18.2 Å². The number of nitrogens with two attached hydrogens (primary N) is 1. The molecule has 13 heavy (non-hydrogen) atoms. The van der Waals surface area contributed by atoms with Gasteiger partial charge in [-0.2, -0.15) is 0 Å². The number of hydrogen-bond acceptors (Lipinski definition) is 3. The Morgan fingerprint density at radius 1 is 1.62 bits per heavy atom. The molecule has 0 fully saturated rings. The van der Waals surface area contributed by atoms with Crippen molar-refractivity contribution in [3.05, 3.63) is 29.3 Å². The van der Waals surface area contributed by atoms with E-state index in [0.717, 1.165) is 5.56 Å². The highest BCUT2D eigenvalue weighted by Crippen LogP contribution is 2.19. The Kier molecular flexibility index (Phi) is 3.22. The Bertz CT molecular complexity index is 325. The molecule has 0 aliphatic carbocycles. The fourth-order valence-electron chi connectivity index (χ4n) is 1.04. The molecule has 3 nitrogen and oxygen atoms in total. The third-order valence-electron chi connectivity index (χ3n) is 1.71. The lowest BCUT2D eigenvalue weighted by atomic mass is 10.1. The van der Waals surface area contributed by atoms with Crippen molar-refractivity contribution in [3.63, 3.8) is 0 Å². The maximum atomic E-state index is 8.87. The van der Waals surface area contributed by atoms with Crippen molar-refractivity contribution in [3.8, 4) is 5.75 Å². The lowest BCUT2D eigenvalue weighted by Gasteiger charge is -2.07. The van der Waals surface area contributed by atoms with Crippen LogP contribution in [0, 0.1) is 0 Å². The molecule has 0 radical (unpaired) electrons. The van der Waals surface area contributed by atoms with E-state index in [9.17, 15) is 0 Å². The highest BCUT2D eigenvalue weighted by Gasteiger charge is 2.05. The molecule has 0 bridgehead atoms. The van der Waals surface area contributed by atoms with Crippen molar-refractivity contribution < 1.29 is 9.84 Å². The summed E-state index contributed by atoms with van der Waals surface area (Å²) in [6.45, 7) is -0.0199. The molecule has 1 aromatic rings. The minimum atomic E-state index is -0.0199. The van der Waals surface area contributed by atoms with Crippen molar-refractivity contribution in [2.24, 2.45) is 5.73 Å². The van der Waals surface area contributed by atoms with E-state index in [1.54, 1.807) is 18.2 Å². The second-order valence-corrected chi connectivity index (χ2v) is 3.00. The molecule has 0 unspecified atom stereocenters. The smallest absolute Gasteiger partial charge is 0.129 e. The topological polar surface area (TPSA) is 55.5 Å². The molecule has 1 rings (SSSR count). The van der Waals surface area contributed by atoms with E-state index in [2.05, 4.69) is 0 Å². The first kappa shape index (κ1) is 9.95. The largest absolute Gasteiger partial charge is 0.496 e. The summed E-state index contributed by atoms with van der Waals surface area (Å²) in [7, 11) is 1.54. The minimum Gasteiger partial charge on any atom is -0.496 e. The van der Waals surface area contributed by atoms with Gasteiger partial charge in [0.2, 0.25) is 0 Å². The second-order valence-electron chi connectivity index (χ2n) is 2.56. The first-order chi connectivity index (χ1) is 6.19. The fourth-order valence-corrected chi connectivity index (χ4v) is 1.21. The van der Waals surface area contributed by atoms with Crippen molar-refractivity contribution in [2.45, 2.75) is 6.61 Å². The Hall–Kier alpha value is -1.13. The van der Waals surface area contributed by atoms with E-state index >= 15 is 0 Å². The summed E-state index contributed by atoms with van der Waals surface area (Å²) in [6.07, 6.45) is 0. The van der Waals surface area contributed by atoms with Crippen LogP contribution in [-0.2, 0) is 6.61 Å². The number of hydrogen-bond donors (Lipinski definition) is 2. The first-order valence-corrected chi connectivity index (χ1v) is 4.17. The van der Waals surface area contributed by atoms with E-state index in [-0.39, 0.29) is 6.61 Å². The van der Waals surface area contributed by atoms with Crippen LogP contribution in [0.4, 0.5) is 0 Å². The number of thiocarbonyl (C=S) groups is 1. The van der Waals surface area contributed by atoms with Gasteiger partial charge >= 0.3 is 0 Å². The van der Waals surface area contributed by atoms with Crippen LogP contribution in [0.1, 0.15) is 11.1 Å². The normalized spacial score (nSPS) is 9.69. The van der Waals surface area contributed by atoms with Crippen LogP contribution >= 0.6 is 12.2 Å². The molecule has 0 amide bonds. The zero-order valence-electron chi connectivity index (χ0n) is 7.28. The summed E-state index contributed by atoms with van der Waals surface area (Å²) in [5.41, 5.74) is 6.94. The third-order valence-corrected chi connectivity index (χ3v) is 1.93. The predicted octanol–water partition coefficient (Wildman–Crippen LogP) is 0.822. The highest BCUT2D eigenvalue weighted by molar-refractivity contribution is 7.80. The molecular formula is C9H11NO2S. The molecule has 0 atom stereocenters. The average molecular weight is 197 g/mol. The molecule has 1 aromatic carbocycles. The monoisotopic (exact) mass is 197 g/mol. The van der Waals surface area contributed by atoms with Gasteiger partial charge in [-0.05, 0) is 17.7 Å². The summed E-state index contributed by atoms with van der Waals surface area (Å²) >= 11 is 4.83. The molecule has 3 N–H and O–H groups in total. The van der Waals surface area contributed by atoms with E-state index in [4.69, 9.17) is 27.8 Å². The van der Waals surface area contributed by atoms with E-state index < -0.39 is 0 Å². The van der Waals surface area contributed by atoms with Gasteiger partial charge in [0.1, 0.15) is 10.7 Å². The number of ether oxygens (including phenoxy) is 1. The van der Waals surface area contributed by atoms with Crippen molar-refractivity contribution in [1.82, 2.24) is 0 Å². The van der Waals surface area contributed by atoms with Gasteiger partial charge in [0.05, 0.1) is 19.3 Å². The van der Waals surface area contributed by atoms with Gasteiger partial charge in [-0.15, -0.1) is 0 Å². The number of rotatable bonds is 3. The van der Waals surface area contributed by atoms with Crippen LogP contribution in [0.5, 0.6) is 5.75 Å². The Balaban J connectivity index is 3.15. The number of methoxy groups -OCH3 is 1. The Morgan fingerprint density at radius 3 is 2.77 bits per heavy atom. The van der Waals surface area contributed by atoms with E-state index in [0.29, 0.717) is 16.3 Å². The molecule has 0 heterocycles.